The quantitative estimate of drug-likeness (QED) is 0.358. The van der Waals surface area contributed by atoms with Crippen molar-refractivity contribution in [1.82, 2.24) is 19.7 Å². The monoisotopic (exact) mass is 392 g/mol. The number of hydrogen-bond donors (Lipinski definition) is 0. The maximum atomic E-state index is 12.9. The molecule has 0 fully saturated rings. The lowest BCUT2D eigenvalue weighted by atomic mass is 10.2. The molecule has 4 aromatic rings. The molecule has 0 amide bonds. The third-order valence-corrected chi connectivity index (χ3v) is 5.15. The lowest BCUT2D eigenvalue weighted by molar-refractivity contribution is 0.474. The molecule has 0 aliphatic heterocycles. The van der Waals surface area contributed by atoms with Crippen LogP contribution < -0.4 is 5.56 Å². The second-order valence-electron chi connectivity index (χ2n) is 6.88. The van der Waals surface area contributed by atoms with Gasteiger partial charge in [0.25, 0.3) is 5.56 Å². The van der Waals surface area contributed by atoms with Gasteiger partial charge < -0.3 is 4.42 Å². The van der Waals surface area contributed by atoms with E-state index in [0.29, 0.717) is 46.1 Å². The van der Waals surface area contributed by atoms with E-state index in [1.165, 1.54) is 11.8 Å². The van der Waals surface area contributed by atoms with Gasteiger partial charge in [-0.1, -0.05) is 55.9 Å². The Hall–Kier alpha value is -2.93. The van der Waals surface area contributed by atoms with Gasteiger partial charge in [-0.05, 0) is 30.2 Å². The molecule has 0 spiro atoms. The van der Waals surface area contributed by atoms with Gasteiger partial charge in [-0.15, -0.1) is 10.2 Å². The molecule has 0 aliphatic carbocycles. The molecule has 0 bridgehead atoms. The molecule has 2 heterocycles. The maximum absolute atomic E-state index is 12.9. The Morgan fingerprint density at radius 2 is 1.79 bits per heavy atom. The van der Waals surface area contributed by atoms with Gasteiger partial charge in [-0.2, -0.15) is 0 Å². The van der Waals surface area contributed by atoms with Gasteiger partial charge in [0.05, 0.1) is 16.7 Å². The lowest BCUT2D eigenvalue weighted by Crippen LogP contribution is -2.25. The van der Waals surface area contributed by atoms with Crippen LogP contribution in [-0.2, 0) is 12.3 Å². The standard InChI is InChI=1S/C21H20N4O2S/c1-14(2)12-25-20(26)16-10-6-7-11-17(16)22-21(25)28-13-18-23-24-19(27-18)15-8-4-3-5-9-15/h3-11,14H,12-13H2,1-2H3. The minimum absolute atomic E-state index is 0.0164. The molecule has 0 saturated carbocycles. The molecule has 0 radical (unpaired) electrons. The Labute approximate surface area is 166 Å². The van der Waals surface area contributed by atoms with Crippen molar-refractivity contribution in [2.45, 2.75) is 31.3 Å². The molecule has 0 aliphatic rings. The molecule has 6 nitrogen and oxygen atoms in total. The van der Waals surface area contributed by atoms with Crippen molar-refractivity contribution < 1.29 is 4.42 Å². The first-order valence-electron chi connectivity index (χ1n) is 9.12. The molecule has 0 atom stereocenters. The number of thioether (sulfide) groups is 1. The zero-order valence-electron chi connectivity index (χ0n) is 15.7. The molecular weight excluding hydrogens is 372 g/mol. The van der Waals surface area contributed by atoms with Crippen LogP contribution >= 0.6 is 11.8 Å². The lowest BCUT2D eigenvalue weighted by Gasteiger charge is -2.14. The summed E-state index contributed by atoms with van der Waals surface area (Å²) in [6, 6.07) is 17.1. The average Bonchev–Trinajstić information content (AvgIpc) is 3.18. The number of rotatable bonds is 6. The Morgan fingerprint density at radius 3 is 2.57 bits per heavy atom. The summed E-state index contributed by atoms with van der Waals surface area (Å²) < 4.78 is 7.51. The average molecular weight is 392 g/mol. The van der Waals surface area contributed by atoms with Crippen molar-refractivity contribution in [3.8, 4) is 11.5 Å². The molecule has 28 heavy (non-hydrogen) atoms. The van der Waals surface area contributed by atoms with Gasteiger partial charge in [-0.25, -0.2) is 4.98 Å². The molecule has 0 saturated heterocycles. The predicted molar refractivity (Wildman–Crippen MR) is 110 cm³/mol. The highest BCUT2D eigenvalue weighted by atomic mass is 32.2. The van der Waals surface area contributed by atoms with Crippen molar-refractivity contribution in [2.75, 3.05) is 0 Å². The van der Waals surface area contributed by atoms with Crippen molar-refractivity contribution in [2.24, 2.45) is 5.92 Å². The van der Waals surface area contributed by atoms with E-state index in [2.05, 4.69) is 24.0 Å². The molecule has 7 heteroatoms. The SMILES string of the molecule is CC(C)Cn1c(SCc2nnc(-c3ccccc3)o2)nc2ccccc2c1=O. The van der Waals surface area contributed by atoms with Gasteiger partial charge in [0, 0.05) is 12.1 Å². The van der Waals surface area contributed by atoms with Gasteiger partial charge >= 0.3 is 0 Å². The highest BCUT2D eigenvalue weighted by Crippen LogP contribution is 2.24. The summed E-state index contributed by atoms with van der Waals surface area (Å²) in [6.07, 6.45) is 0. The first-order valence-corrected chi connectivity index (χ1v) is 10.1. The fourth-order valence-corrected chi connectivity index (χ4v) is 3.77. The molecule has 2 aromatic heterocycles. The van der Waals surface area contributed by atoms with E-state index in [0.717, 1.165) is 5.56 Å². The van der Waals surface area contributed by atoms with E-state index < -0.39 is 0 Å². The summed E-state index contributed by atoms with van der Waals surface area (Å²) in [5.41, 5.74) is 1.56. The smallest absolute Gasteiger partial charge is 0.262 e. The van der Waals surface area contributed by atoms with Crippen molar-refractivity contribution in [1.29, 1.82) is 0 Å². The zero-order chi connectivity index (χ0) is 19.5. The second-order valence-corrected chi connectivity index (χ2v) is 7.82. The van der Waals surface area contributed by atoms with Crippen LogP contribution in [0.2, 0.25) is 0 Å². The Bertz CT molecular complexity index is 1150. The van der Waals surface area contributed by atoms with Crippen LogP contribution in [0.5, 0.6) is 0 Å². The summed E-state index contributed by atoms with van der Waals surface area (Å²) in [6.45, 7) is 4.78. The fourth-order valence-electron chi connectivity index (χ4n) is 2.92. The van der Waals surface area contributed by atoms with E-state index in [4.69, 9.17) is 9.40 Å². The minimum Gasteiger partial charge on any atom is -0.420 e. The topological polar surface area (TPSA) is 73.8 Å². The van der Waals surface area contributed by atoms with E-state index in [-0.39, 0.29) is 5.56 Å². The van der Waals surface area contributed by atoms with Crippen molar-refractivity contribution >= 4 is 22.7 Å². The third kappa shape index (κ3) is 3.84. The normalized spacial score (nSPS) is 11.4. The molecule has 4 rings (SSSR count). The maximum Gasteiger partial charge on any atom is 0.262 e. The minimum atomic E-state index is -0.0164. The van der Waals surface area contributed by atoms with Crippen LogP contribution in [0.1, 0.15) is 19.7 Å². The highest BCUT2D eigenvalue weighted by Gasteiger charge is 2.15. The highest BCUT2D eigenvalue weighted by molar-refractivity contribution is 7.98. The first kappa shape index (κ1) is 18.4. The number of para-hydroxylation sites is 1. The fraction of sp³-hybridized carbons (Fsp3) is 0.238. The van der Waals surface area contributed by atoms with Gasteiger partial charge in [-0.3, -0.25) is 9.36 Å². The summed E-state index contributed by atoms with van der Waals surface area (Å²) in [4.78, 5) is 17.6. The molecule has 0 N–H and O–H groups in total. The summed E-state index contributed by atoms with van der Waals surface area (Å²) in [5.74, 6) is 1.76. The molecular formula is C21H20N4O2S. The van der Waals surface area contributed by atoms with Crippen LogP contribution in [-0.4, -0.2) is 19.7 Å². The Balaban J connectivity index is 1.62. The van der Waals surface area contributed by atoms with Gasteiger partial charge in [0.1, 0.15) is 0 Å². The number of nitrogens with zero attached hydrogens (tertiary/aromatic N) is 4. The summed E-state index contributed by atoms with van der Waals surface area (Å²) in [7, 11) is 0. The third-order valence-electron chi connectivity index (χ3n) is 4.19. The van der Waals surface area contributed by atoms with Gasteiger partial charge in [0.15, 0.2) is 5.16 Å². The number of aromatic nitrogens is 4. The largest absolute Gasteiger partial charge is 0.420 e. The van der Waals surface area contributed by atoms with Crippen molar-refractivity contribution in [3.63, 3.8) is 0 Å². The number of benzene rings is 2. The van der Waals surface area contributed by atoms with Crippen LogP contribution in [0.4, 0.5) is 0 Å². The van der Waals surface area contributed by atoms with Crippen molar-refractivity contribution in [3.05, 3.63) is 70.8 Å². The molecule has 0 unspecified atom stereocenters. The zero-order valence-corrected chi connectivity index (χ0v) is 16.5. The Kier molecular flexibility index (Phi) is 5.25. The van der Waals surface area contributed by atoms with Crippen LogP contribution in [0, 0.1) is 5.92 Å². The Morgan fingerprint density at radius 1 is 1.04 bits per heavy atom. The number of hydrogen-bond acceptors (Lipinski definition) is 6. The van der Waals surface area contributed by atoms with E-state index in [1.54, 1.807) is 4.57 Å². The summed E-state index contributed by atoms with van der Waals surface area (Å²) >= 11 is 1.44. The predicted octanol–water partition coefficient (Wildman–Crippen LogP) is 4.39. The van der Waals surface area contributed by atoms with E-state index in [1.807, 2.05) is 54.6 Å². The first-order chi connectivity index (χ1) is 13.6. The van der Waals surface area contributed by atoms with Gasteiger partial charge in [0.2, 0.25) is 11.8 Å². The second kappa shape index (κ2) is 7.98. The van der Waals surface area contributed by atoms with Crippen LogP contribution in [0.15, 0.2) is 69.0 Å². The van der Waals surface area contributed by atoms with Crippen LogP contribution in [0.25, 0.3) is 22.4 Å². The summed E-state index contributed by atoms with van der Waals surface area (Å²) in [5, 5.41) is 9.55. The molecule has 2 aromatic carbocycles. The number of fused-ring (bicyclic) bond motifs is 1. The van der Waals surface area contributed by atoms with E-state index >= 15 is 0 Å². The molecule has 142 valence electrons. The van der Waals surface area contributed by atoms with Crippen LogP contribution in [0.3, 0.4) is 0 Å². The van der Waals surface area contributed by atoms with E-state index in [9.17, 15) is 4.79 Å².